The molecule has 0 aliphatic heterocycles. The summed E-state index contributed by atoms with van der Waals surface area (Å²) < 4.78 is 0. The molecule has 0 aromatic heterocycles. The molecule has 0 heteroatoms. The third-order valence-electron chi connectivity index (χ3n) is 7.20. The van der Waals surface area contributed by atoms with Gasteiger partial charge in [0.15, 0.2) is 0 Å². The summed E-state index contributed by atoms with van der Waals surface area (Å²) in [5, 5.41) is 5.37. The molecule has 0 heterocycles. The van der Waals surface area contributed by atoms with E-state index in [0.29, 0.717) is 0 Å². The average molecular weight is 437 g/mol. The Labute approximate surface area is 201 Å². The Morgan fingerprint density at radius 3 is 2.29 bits per heavy atom. The Morgan fingerprint density at radius 2 is 1.47 bits per heavy atom. The topological polar surface area (TPSA) is 0 Å². The van der Waals surface area contributed by atoms with Crippen molar-refractivity contribution in [1.29, 1.82) is 0 Å². The first kappa shape index (κ1) is 20.7. The summed E-state index contributed by atoms with van der Waals surface area (Å²) in [5.74, 6) is 0. The van der Waals surface area contributed by atoms with Gasteiger partial charge in [-0.3, -0.25) is 0 Å². The van der Waals surface area contributed by atoms with Crippen LogP contribution in [-0.4, -0.2) is 0 Å². The van der Waals surface area contributed by atoms with Crippen LogP contribution >= 0.6 is 0 Å². The Morgan fingerprint density at radius 1 is 0.706 bits per heavy atom. The zero-order valence-electron chi connectivity index (χ0n) is 19.6. The molecule has 0 atom stereocenters. The molecule has 0 saturated carbocycles. The van der Waals surface area contributed by atoms with E-state index >= 15 is 0 Å². The van der Waals surface area contributed by atoms with Gasteiger partial charge in [-0.2, -0.15) is 0 Å². The molecule has 0 radical (unpaired) electrons. The zero-order valence-corrected chi connectivity index (χ0v) is 19.6. The molecule has 0 nitrogen and oxygen atoms in total. The molecular formula is C34H28. The number of hydrogen-bond donors (Lipinski definition) is 0. The Kier molecular flexibility index (Phi) is 5.35. The fourth-order valence-electron chi connectivity index (χ4n) is 5.67. The molecule has 2 aliphatic rings. The molecular weight excluding hydrogens is 408 g/mol. The van der Waals surface area contributed by atoms with Gasteiger partial charge < -0.3 is 0 Å². The second kappa shape index (κ2) is 8.80. The molecule has 0 saturated heterocycles. The van der Waals surface area contributed by atoms with Crippen molar-refractivity contribution in [3.05, 3.63) is 136 Å². The first-order valence-electron chi connectivity index (χ1n) is 12.2. The van der Waals surface area contributed by atoms with Gasteiger partial charge in [0.1, 0.15) is 0 Å². The smallest absolute Gasteiger partial charge is 0.00297 e. The van der Waals surface area contributed by atoms with E-state index in [1.807, 2.05) is 0 Å². The Hall–Kier alpha value is -3.90. The SMILES string of the molecule is C/C(c1c2c(c(-c3ccccc3)c3ccccc13)C=CCC2)=c1/cccc/c1=C1\C=CC=CC1. The quantitative estimate of drug-likeness (QED) is 0.308. The normalized spacial score (nSPS) is 17.1. The largest absolute Gasteiger partial charge is 0.0836 e. The monoisotopic (exact) mass is 436 g/mol. The van der Waals surface area contributed by atoms with E-state index in [2.05, 4.69) is 122 Å². The maximum Gasteiger partial charge on any atom is -0.00297 e. The standard InChI is InChI=1S/C34H28/c1-24(27-18-8-9-19-28(27)25-14-4-2-5-15-25)33-29-20-10-12-22-31(29)34(26-16-6-3-7-17-26)32-23-13-11-21-30(32)33/h2-10,12-14,16-20,22-23H,11,15,21H2,1H3/b27-24+,28-25-. The molecule has 164 valence electrons. The average Bonchev–Trinajstić information content (AvgIpc) is 2.92. The summed E-state index contributed by atoms with van der Waals surface area (Å²) in [6.45, 7) is 2.32. The second-order valence-electron chi connectivity index (χ2n) is 9.18. The first-order valence-corrected chi connectivity index (χ1v) is 12.2. The number of fused-ring (bicyclic) bond motifs is 2. The number of hydrogen-bond acceptors (Lipinski definition) is 0. The van der Waals surface area contributed by atoms with E-state index in [1.54, 1.807) is 0 Å². The van der Waals surface area contributed by atoms with Crippen molar-refractivity contribution < 1.29 is 0 Å². The highest BCUT2D eigenvalue weighted by Crippen LogP contribution is 2.42. The summed E-state index contributed by atoms with van der Waals surface area (Å²) in [5.41, 5.74) is 9.69. The minimum absolute atomic E-state index is 0.981. The minimum atomic E-state index is 0.981. The van der Waals surface area contributed by atoms with Crippen LogP contribution in [0.5, 0.6) is 0 Å². The van der Waals surface area contributed by atoms with E-state index in [4.69, 9.17) is 0 Å². The third-order valence-corrected chi connectivity index (χ3v) is 7.20. The molecule has 0 amide bonds. The predicted molar refractivity (Wildman–Crippen MR) is 147 cm³/mol. The lowest BCUT2D eigenvalue weighted by molar-refractivity contribution is 0.983. The molecule has 0 bridgehead atoms. The van der Waals surface area contributed by atoms with Gasteiger partial charge in [0.05, 0.1) is 0 Å². The minimum Gasteiger partial charge on any atom is -0.0836 e. The molecule has 4 aromatic rings. The van der Waals surface area contributed by atoms with Crippen molar-refractivity contribution >= 4 is 28.0 Å². The third kappa shape index (κ3) is 3.47. The summed E-state index contributed by atoms with van der Waals surface area (Å²) in [4.78, 5) is 0. The van der Waals surface area contributed by atoms with Crippen LogP contribution in [0.3, 0.4) is 0 Å². The highest BCUT2D eigenvalue weighted by Gasteiger charge is 2.21. The maximum absolute atomic E-state index is 2.36. The molecule has 2 aliphatic carbocycles. The van der Waals surface area contributed by atoms with Crippen LogP contribution in [0.1, 0.15) is 36.5 Å². The van der Waals surface area contributed by atoms with Crippen LogP contribution in [0, 0.1) is 0 Å². The fourth-order valence-corrected chi connectivity index (χ4v) is 5.67. The van der Waals surface area contributed by atoms with E-state index in [9.17, 15) is 0 Å². The van der Waals surface area contributed by atoms with Gasteiger partial charge in [0.2, 0.25) is 0 Å². The van der Waals surface area contributed by atoms with Gasteiger partial charge >= 0.3 is 0 Å². The molecule has 0 unspecified atom stereocenters. The molecule has 0 fully saturated rings. The van der Waals surface area contributed by atoms with Gasteiger partial charge in [0, 0.05) is 0 Å². The van der Waals surface area contributed by atoms with Crippen LogP contribution in [0.15, 0.2) is 109 Å². The Balaban J connectivity index is 1.77. The van der Waals surface area contributed by atoms with Gasteiger partial charge in [0.25, 0.3) is 0 Å². The fraction of sp³-hybridized carbons (Fsp3) is 0.118. The van der Waals surface area contributed by atoms with Crippen molar-refractivity contribution in [3.63, 3.8) is 0 Å². The van der Waals surface area contributed by atoms with Crippen molar-refractivity contribution in [2.45, 2.75) is 26.2 Å². The molecule has 0 N–H and O–H groups in total. The lowest BCUT2D eigenvalue weighted by Crippen LogP contribution is -2.29. The van der Waals surface area contributed by atoms with Gasteiger partial charge in [-0.25, -0.2) is 0 Å². The number of benzene rings is 4. The summed E-state index contributed by atoms with van der Waals surface area (Å²) in [6, 6.07) is 28.8. The highest BCUT2D eigenvalue weighted by atomic mass is 14.2. The lowest BCUT2D eigenvalue weighted by atomic mass is 9.80. The Bertz CT molecular complexity index is 1610. The molecule has 0 spiro atoms. The van der Waals surface area contributed by atoms with Crippen LogP contribution in [0.2, 0.25) is 0 Å². The van der Waals surface area contributed by atoms with Crippen molar-refractivity contribution in [1.82, 2.24) is 0 Å². The number of allylic oxidation sites excluding steroid dienone is 5. The predicted octanol–water partition coefficient (Wildman–Crippen LogP) is 7.35. The van der Waals surface area contributed by atoms with Crippen LogP contribution in [0.25, 0.3) is 39.1 Å². The van der Waals surface area contributed by atoms with Crippen molar-refractivity contribution in [2.24, 2.45) is 0 Å². The van der Waals surface area contributed by atoms with E-state index in [1.165, 1.54) is 60.2 Å². The summed E-state index contributed by atoms with van der Waals surface area (Å²) >= 11 is 0. The summed E-state index contributed by atoms with van der Waals surface area (Å²) in [6.07, 6.45) is 16.7. The zero-order chi connectivity index (χ0) is 22.9. The summed E-state index contributed by atoms with van der Waals surface area (Å²) in [7, 11) is 0. The van der Waals surface area contributed by atoms with Gasteiger partial charge in [-0.1, -0.05) is 115 Å². The lowest BCUT2D eigenvalue weighted by Gasteiger charge is -2.24. The molecule has 34 heavy (non-hydrogen) atoms. The van der Waals surface area contributed by atoms with Crippen molar-refractivity contribution in [2.75, 3.05) is 0 Å². The van der Waals surface area contributed by atoms with E-state index < -0.39 is 0 Å². The molecule has 4 aromatic carbocycles. The molecule has 6 rings (SSSR count). The van der Waals surface area contributed by atoms with Gasteiger partial charge in [-0.05, 0) is 86.4 Å². The second-order valence-corrected chi connectivity index (χ2v) is 9.18. The van der Waals surface area contributed by atoms with Crippen molar-refractivity contribution in [3.8, 4) is 11.1 Å². The first-order chi connectivity index (χ1) is 16.8. The van der Waals surface area contributed by atoms with Crippen LogP contribution < -0.4 is 10.4 Å². The van der Waals surface area contributed by atoms with E-state index in [-0.39, 0.29) is 0 Å². The van der Waals surface area contributed by atoms with Gasteiger partial charge in [-0.15, -0.1) is 0 Å². The maximum atomic E-state index is 2.36. The van der Waals surface area contributed by atoms with Crippen LogP contribution in [-0.2, 0) is 6.42 Å². The van der Waals surface area contributed by atoms with E-state index in [0.717, 1.165) is 19.3 Å². The number of rotatable bonds is 2. The van der Waals surface area contributed by atoms with Crippen LogP contribution in [0.4, 0.5) is 0 Å². The highest BCUT2D eigenvalue weighted by molar-refractivity contribution is 6.07.